The van der Waals surface area contributed by atoms with E-state index in [0.717, 1.165) is 17.1 Å². The highest BCUT2D eigenvalue weighted by atomic mass is 35.5. The van der Waals surface area contributed by atoms with Crippen LogP contribution in [0.25, 0.3) is 0 Å². The van der Waals surface area contributed by atoms with Gasteiger partial charge in [-0.2, -0.15) is 0 Å². The van der Waals surface area contributed by atoms with E-state index in [1.54, 1.807) is 6.07 Å². The van der Waals surface area contributed by atoms with E-state index in [9.17, 15) is 4.79 Å². The monoisotopic (exact) mass is 306 g/mol. The number of hydrogen-bond acceptors (Lipinski definition) is 3. The van der Waals surface area contributed by atoms with Crippen molar-refractivity contribution in [2.45, 2.75) is 27.2 Å². The molecular weight excluding hydrogens is 288 g/mol. The summed E-state index contributed by atoms with van der Waals surface area (Å²) in [6.07, 6.45) is 0.543. The first-order chi connectivity index (χ1) is 9.95. The summed E-state index contributed by atoms with van der Waals surface area (Å²) in [7, 11) is 0. The fourth-order valence-electron chi connectivity index (χ4n) is 1.93. The zero-order chi connectivity index (χ0) is 15.4. The number of carbonyl (C=O) groups is 1. The van der Waals surface area contributed by atoms with Gasteiger partial charge in [0.05, 0.1) is 6.61 Å². The number of ether oxygens (including phenoxy) is 1. The highest BCUT2D eigenvalue weighted by molar-refractivity contribution is 6.30. The van der Waals surface area contributed by atoms with E-state index in [2.05, 4.69) is 13.8 Å². The molecule has 1 aromatic carbocycles. The van der Waals surface area contributed by atoms with Crippen LogP contribution in [-0.2, 0) is 6.42 Å². The van der Waals surface area contributed by atoms with Gasteiger partial charge in [-0.1, -0.05) is 25.4 Å². The third-order valence-electron chi connectivity index (χ3n) is 2.97. The Morgan fingerprint density at radius 2 is 2.05 bits per heavy atom. The number of Topliss-reactive ketones (excluding diaryl/α,β-unsaturated/α-hetero) is 1. The normalized spacial score (nSPS) is 10.9. The topological polar surface area (TPSA) is 39.4 Å². The first-order valence-electron chi connectivity index (χ1n) is 6.96. The number of benzene rings is 1. The molecule has 0 saturated carbocycles. The van der Waals surface area contributed by atoms with Gasteiger partial charge in [-0.15, -0.1) is 0 Å². The fraction of sp³-hybridized carbons (Fsp3) is 0.353. The fourth-order valence-corrected chi connectivity index (χ4v) is 2.13. The molecule has 0 N–H and O–H groups in total. The molecule has 0 radical (unpaired) electrons. The van der Waals surface area contributed by atoms with Gasteiger partial charge in [-0.05, 0) is 36.2 Å². The van der Waals surface area contributed by atoms with Crippen LogP contribution in [0.4, 0.5) is 0 Å². The smallest absolute Gasteiger partial charge is 0.194 e. The maximum Gasteiger partial charge on any atom is 0.194 e. The molecule has 0 unspecified atom stereocenters. The number of rotatable bonds is 6. The number of ketones is 1. The molecular formula is C17H19ClO3. The van der Waals surface area contributed by atoms with Crippen molar-refractivity contribution in [3.05, 3.63) is 52.4 Å². The van der Waals surface area contributed by atoms with Crippen molar-refractivity contribution < 1.29 is 13.9 Å². The minimum absolute atomic E-state index is 0.0800. The van der Waals surface area contributed by atoms with Crippen LogP contribution in [0.3, 0.4) is 0 Å². The largest absolute Gasteiger partial charge is 0.493 e. The van der Waals surface area contributed by atoms with Crippen molar-refractivity contribution in [1.82, 2.24) is 0 Å². The lowest BCUT2D eigenvalue weighted by molar-refractivity contribution is 0.0985. The van der Waals surface area contributed by atoms with Crippen LogP contribution in [-0.4, -0.2) is 12.4 Å². The van der Waals surface area contributed by atoms with E-state index in [0.29, 0.717) is 29.7 Å². The molecule has 0 saturated heterocycles. The van der Waals surface area contributed by atoms with Gasteiger partial charge in [0.15, 0.2) is 11.5 Å². The summed E-state index contributed by atoms with van der Waals surface area (Å²) in [5, 5.41) is 0.653. The van der Waals surface area contributed by atoms with Crippen LogP contribution in [0.15, 0.2) is 34.7 Å². The van der Waals surface area contributed by atoms with E-state index in [1.165, 1.54) is 6.92 Å². The van der Waals surface area contributed by atoms with Gasteiger partial charge in [-0.3, -0.25) is 4.79 Å². The summed E-state index contributed by atoms with van der Waals surface area (Å²) in [5.41, 5.74) is 0.951. The SMILES string of the molecule is CC(=O)c1ccc(Cc2cc(Cl)ccc2OCC(C)C)o1. The highest BCUT2D eigenvalue weighted by Gasteiger charge is 2.11. The molecule has 0 fully saturated rings. The van der Waals surface area contributed by atoms with Crippen LogP contribution in [0.2, 0.25) is 5.02 Å². The van der Waals surface area contributed by atoms with Gasteiger partial charge in [0.25, 0.3) is 0 Å². The molecule has 0 aliphatic carbocycles. The number of halogens is 1. The Kier molecular flexibility index (Phi) is 5.07. The zero-order valence-corrected chi connectivity index (χ0v) is 13.2. The van der Waals surface area contributed by atoms with E-state index in [-0.39, 0.29) is 5.78 Å². The number of carbonyl (C=O) groups excluding carboxylic acids is 1. The third-order valence-corrected chi connectivity index (χ3v) is 3.20. The average molecular weight is 307 g/mol. The Labute approximate surface area is 129 Å². The molecule has 1 aromatic heterocycles. The molecule has 2 rings (SSSR count). The number of hydrogen-bond donors (Lipinski definition) is 0. The molecule has 4 heteroatoms. The van der Waals surface area contributed by atoms with Crippen molar-refractivity contribution >= 4 is 17.4 Å². The van der Waals surface area contributed by atoms with E-state index < -0.39 is 0 Å². The highest BCUT2D eigenvalue weighted by Crippen LogP contribution is 2.26. The molecule has 0 atom stereocenters. The molecule has 0 aliphatic heterocycles. The van der Waals surface area contributed by atoms with Crippen LogP contribution in [0, 0.1) is 5.92 Å². The molecule has 1 heterocycles. The predicted molar refractivity (Wildman–Crippen MR) is 83.3 cm³/mol. The van der Waals surface area contributed by atoms with Crippen molar-refractivity contribution in [1.29, 1.82) is 0 Å². The maximum atomic E-state index is 11.3. The molecule has 112 valence electrons. The Balaban J connectivity index is 2.20. The average Bonchev–Trinajstić information content (AvgIpc) is 2.86. The van der Waals surface area contributed by atoms with Gasteiger partial charge >= 0.3 is 0 Å². The summed E-state index contributed by atoms with van der Waals surface area (Å²) in [5.74, 6) is 2.26. The van der Waals surface area contributed by atoms with Crippen molar-refractivity contribution in [3.63, 3.8) is 0 Å². The first-order valence-corrected chi connectivity index (χ1v) is 7.34. The standard InChI is InChI=1S/C17H19ClO3/c1-11(2)10-20-17-6-4-14(18)8-13(17)9-15-5-7-16(21-15)12(3)19/h4-8,11H,9-10H2,1-3H3. The van der Waals surface area contributed by atoms with Gasteiger partial charge in [-0.25, -0.2) is 0 Å². The van der Waals surface area contributed by atoms with Gasteiger partial charge < -0.3 is 9.15 Å². The lowest BCUT2D eigenvalue weighted by Crippen LogP contribution is -2.06. The summed E-state index contributed by atoms with van der Waals surface area (Å²) < 4.78 is 11.3. The Morgan fingerprint density at radius 3 is 2.67 bits per heavy atom. The number of furan rings is 1. The van der Waals surface area contributed by atoms with E-state index >= 15 is 0 Å². The lowest BCUT2D eigenvalue weighted by Gasteiger charge is -2.13. The van der Waals surface area contributed by atoms with Gasteiger partial charge in [0.1, 0.15) is 11.5 Å². The third kappa shape index (κ3) is 4.36. The van der Waals surface area contributed by atoms with Gasteiger partial charge in [0.2, 0.25) is 0 Å². The Morgan fingerprint density at radius 1 is 1.29 bits per heavy atom. The molecule has 3 nitrogen and oxygen atoms in total. The quantitative estimate of drug-likeness (QED) is 0.722. The first kappa shape index (κ1) is 15.6. The predicted octanol–water partition coefficient (Wildman–Crippen LogP) is 4.76. The van der Waals surface area contributed by atoms with Gasteiger partial charge in [0, 0.05) is 23.9 Å². The molecule has 2 aromatic rings. The Bertz CT molecular complexity index is 629. The molecule has 0 amide bonds. The van der Waals surface area contributed by atoms with Crippen molar-refractivity contribution in [3.8, 4) is 5.75 Å². The van der Waals surface area contributed by atoms with E-state index in [1.807, 2.05) is 24.3 Å². The van der Waals surface area contributed by atoms with E-state index in [4.69, 9.17) is 20.8 Å². The van der Waals surface area contributed by atoms with Crippen LogP contribution in [0.5, 0.6) is 5.75 Å². The molecule has 0 bridgehead atoms. The van der Waals surface area contributed by atoms with Crippen LogP contribution in [0.1, 0.15) is 42.6 Å². The van der Waals surface area contributed by atoms with Crippen LogP contribution >= 0.6 is 11.6 Å². The summed E-state index contributed by atoms with van der Waals surface area (Å²) >= 11 is 6.06. The second-order valence-corrected chi connectivity index (χ2v) is 5.89. The minimum Gasteiger partial charge on any atom is -0.493 e. The van der Waals surface area contributed by atoms with Crippen molar-refractivity contribution in [2.75, 3.05) is 6.61 Å². The molecule has 0 aliphatic rings. The summed E-state index contributed by atoms with van der Waals surface area (Å²) in [6.45, 7) is 6.33. The maximum absolute atomic E-state index is 11.3. The lowest BCUT2D eigenvalue weighted by atomic mass is 10.1. The van der Waals surface area contributed by atoms with Crippen LogP contribution < -0.4 is 4.74 Å². The Hall–Kier alpha value is -1.74. The molecule has 21 heavy (non-hydrogen) atoms. The summed E-state index contributed by atoms with van der Waals surface area (Å²) in [6, 6.07) is 9.05. The minimum atomic E-state index is -0.0800. The summed E-state index contributed by atoms with van der Waals surface area (Å²) in [4.78, 5) is 11.3. The zero-order valence-electron chi connectivity index (χ0n) is 12.5. The van der Waals surface area contributed by atoms with Crippen molar-refractivity contribution in [2.24, 2.45) is 5.92 Å². The second-order valence-electron chi connectivity index (χ2n) is 5.46. The second kappa shape index (κ2) is 6.81. The molecule has 0 spiro atoms.